The van der Waals surface area contributed by atoms with Gasteiger partial charge in [-0.2, -0.15) is 0 Å². The van der Waals surface area contributed by atoms with Gasteiger partial charge in [-0.3, -0.25) is 9.69 Å². The van der Waals surface area contributed by atoms with Crippen LogP contribution in [0.2, 0.25) is 0 Å². The van der Waals surface area contributed by atoms with Crippen LogP contribution in [0.25, 0.3) is 0 Å². The van der Waals surface area contributed by atoms with Gasteiger partial charge in [0.2, 0.25) is 5.91 Å². The van der Waals surface area contributed by atoms with E-state index in [1.54, 1.807) is 0 Å². The van der Waals surface area contributed by atoms with E-state index in [1.165, 1.54) is 11.8 Å². The second-order valence-corrected chi connectivity index (χ2v) is 5.97. The van der Waals surface area contributed by atoms with Gasteiger partial charge in [0.15, 0.2) is 5.16 Å². The maximum atomic E-state index is 11.8. The minimum Gasteiger partial charge on any atom is -0.379 e. The molecule has 0 radical (unpaired) electrons. The number of amides is 1. The first kappa shape index (κ1) is 16.2. The highest BCUT2D eigenvalue weighted by atomic mass is 32.2. The minimum absolute atomic E-state index is 0.0241. The molecule has 7 heteroatoms. The molecular weight excluding hydrogens is 288 g/mol. The van der Waals surface area contributed by atoms with Crippen LogP contribution >= 0.6 is 11.8 Å². The van der Waals surface area contributed by atoms with Crippen molar-refractivity contribution in [2.45, 2.75) is 19.0 Å². The first-order valence-corrected chi connectivity index (χ1v) is 8.14. The molecule has 0 saturated carbocycles. The Kier molecular flexibility index (Phi) is 6.41. The fraction of sp³-hybridized carbons (Fsp3) is 0.643. The highest BCUT2D eigenvalue weighted by Crippen LogP contribution is 2.13. The molecule has 2 rings (SSSR count). The molecule has 1 saturated heterocycles. The third-order valence-electron chi connectivity index (χ3n) is 3.15. The Labute approximate surface area is 129 Å². The summed E-state index contributed by atoms with van der Waals surface area (Å²) in [7, 11) is 0. The lowest BCUT2D eigenvalue weighted by molar-refractivity contribution is -0.118. The van der Waals surface area contributed by atoms with E-state index in [9.17, 15) is 4.79 Å². The fourth-order valence-corrected chi connectivity index (χ4v) is 2.90. The molecule has 6 nitrogen and oxygen atoms in total. The van der Waals surface area contributed by atoms with Gasteiger partial charge >= 0.3 is 0 Å². The molecule has 0 spiro atoms. The number of morpholine rings is 1. The summed E-state index contributed by atoms with van der Waals surface area (Å²) in [6.07, 6.45) is 0. The monoisotopic (exact) mass is 310 g/mol. The normalized spacial score (nSPS) is 15.9. The van der Waals surface area contributed by atoms with Crippen molar-refractivity contribution >= 4 is 17.7 Å². The van der Waals surface area contributed by atoms with Crippen molar-refractivity contribution in [1.29, 1.82) is 0 Å². The summed E-state index contributed by atoms with van der Waals surface area (Å²) >= 11 is 1.38. The van der Waals surface area contributed by atoms with Gasteiger partial charge in [0.1, 0.15) is 0 Å². The number of carbonyl (C=O) groups is 1. The lowest BCUT2D eigenvalue weighted by Gasteiger charge is -2.26. The SMILES string of the molecule is Cc1cc(C)nc(SCC(=O)NCCN2CCOCC2)n1. The summed E-state index contributed by atoms with van der Waals surface area (Å²) in [6.45, 7) is 8.87. The Hall–Kier alpha value is -1.18. The molecule has 0 bridgehead atoms. The quantitative estimate of drug-likeness (QED) is 0.614. The van der Waals surface area contributed by atoms with Crippen molar-refractivity contribution in [1.82, 2.24) is 20.2 Å². The number of rotatable bonds is 6. The van der Waals surface area contributed by atoms with Gasteiger partial charge in [-0.1, -0.05) is 11.8 Å². The molecule has 21 heavy (non-hydrogen) atoms. The number of hydrogen-bond donors (Lipinski definition) is 1. The van der Waals surface area contributed by atoms with Crippen LogP contribution in [0.15, 0.2) is 11.2 Å². The van der Waals surface area contributed by atoms with E-state index in [2.05, 4.69) is 20.2 Å². The molecule has 0 aliphatic carbocycles. The zero-order chi connectivity index (χ0) is 15.1. The first-order chi connectivity index (χ1) is 10.1. The molecule has 1 amide bonds. The number of nitrogens with one attached hydrogen (secondary N) is 1. The van der Waals surface area contributed by atoms with Crippen molar-refractivity contribution in [2.75, 3.05) is 45.1 Å². The van der Waals surface area contributed by atoms with E-state index in [1.807, 2.05) is 19.9 Å². The second kappa shape index (κ2) is 8.31. The second-order valence-electron chi connectivity index (χ2n) is 5.03. The molecular formula is C14H22N4O2S. The van der Waals surface area contributed by atoms with Crippen molar-refractivity contribution in [2.24, 2.45) is 0 Å². The molecule has 1 aliphatic rings. The Morgan fingerprint density at radius 3 is 2.67 bits per heavy atom. The number of aryl methyl sites for hydroxylation is 2. The first-order valence-electron chi connectivity index (χ1n) is 7.15. The smallest absolute Gasteiger partial charge is 0.230 e. The average Bonchev–Trinajstić information content (AvgIpc) is 2.45. The zero-order valence-electron chi connectivity index (χ0n) is 12.6. The van der Waals surface area contributed by atoms with E-state index < -0.39 is 0 Å². The summed E-state index contributed by atoms with van der Waals surface area (Å²) in [5, 5.41) is 3.59. The summed E-state index contributed by atoms with van der Waals surface area (Å²) in [5.41, 5.74) is 1.86. The molecule has 1 fully saturated rings. The summed E-state index contributed by atoms with van der Waals surface area (Å²) in [6, 6.07) is 1.92. The van der Waals surface area contributed by atoms with E-state index in [0.717, 1.165) is 44.2 Å². The number of nitrogens with zero attached hydrogens (tertiary/aromatic N) is 3. The van der Waals surface area contributed by atoms with Gasteiger partial charge < -0.3 is 10.1 Å². The third-order valence-corrected chi connectivity index (χ3v) is 4.00. The van der Waals surface area contributed by atoms with Gasteiger partial charge in [0, 0.05) is 37.6 Å². The van der Waals surface area contributed by atoms with Crippen molar-refractivity contribution in [3.63, 3.8) is 0 Å². The molecule has 2 heterocycles. The lowest BCUT2D eigenvalue weighted by Crippen LogP contribution is -2.41. The molecule has 0 unspecified atom stereocenters. The van der Waals surface area contributed by atoms with Crippen LogP contribution in [-0.4, -0.2) is 65.9 Å². The lowest BCUT2D eigenvalue weighted by atomic mass is 10.4. The molecule has 1 aromatic heterocycles. The molecule has 1 aromatic rings. The summed E-state index contributed by atoms with van der Waals surface area (Å²) in [5.74, 6) is 0.377. The predicted octanol–water partition coefficient (Wildman–Crippen LogP) is 0.634. The standard InChI is InChI=1S/C14H22N4O2S/c1-11-9-12(2)17-14(16-11)21-10-13(19)15-3-4-18-5-7-20-8-6-18/h9H,3-8,10H2,1-2H3,(H,15,19). The maximum Gasteiger partial charge on any atom is 0.230 e. The van der Waals surface area contributed by atoms with Crippen LogP contribution in [0.4, 0.5) is 0 Å². The van der Waals surface area contributed by atoms with Crippen molar-refractivity contribution in [3.8, 4) is 0 Å². The molecule has 1 N–H and O–H groups in total. The fourth-order valence-electron chi connectivity index (χ4n) is 2.12. The molecule has 116 valence electrons. The Bertz CT molecular complexity index is 458. The van der Waals surface area contributed by atoms with E-state index >= 15 is 0 Å². The topological polar surface area (TPSA) is 67.4 Å². The van der Waals surface area contributed by atoms with Gasteiger partial charge in [0.05, 0.1) is 19.0 Å². The number of hydrogen-bond acceptors (Lipinski definition) is 6. The Morgan fingerprint density at radius 1 is 1.33 bits per heavy atom. The van der Waals surface area contributed by atoms with Crippen LogP contribution < -0.4 is 5.32 Å². The molecule has 0 atom stereocenters. The van der Waals surface area contributed by atoms with Crippen LogP contribution in [0, 0.1) is 13.8 Å². The van der Waals surface area contributed by atoms with Gasteiger partial charge in [-0.25, -0.2) is 9.97 Å². The molecule has 0 aromatic carbocycles. The van der Waals surface area contributed by atoms with Crippen LogP contribution in [0.5, 0.6) is 0 Å². The van der Waals surface area contributed by atoms with Gasteiger partial charge in [-0.15, -0.1) is 0 Å². The van der Waals surface area contributed by atoms with Crippen LogP contribution in [0.3, 0.4) is 0 Å². The average molecular weight is 310 g/mol. The zero-order valence-corrected chi connectivity index (χ0v) is 13.4. The predicted molar refractivity (Wildman–Crippen MR) is 82.5 cm³/mol. The van der Waals surface area contributed by atoms with E-state index in [0.29, 0.717) is 17.5 Å². The number of carbonyl (C=O) groups excluding carboxylic acids is 1. The number of aromatic nitrogens is 2. The largest absolute Gasteiger partial charge is 0.379 e. The highest BCUT2D eigenvalue weighted by molar-refractivity contribution is 7.99. The summed E-state index contributed by atoms with van der Waals surface area (Å²) in [4.78, 5) is 22.7. The minimum atomic E-state index is 0.0241. The van der Waals surface area contributed by atoms with Crippen molar-refractivity contribution < 1.29 is 9.53 Å². The molecule has 1 aliphatic heterocycles. The summed E-state index contributed by atoms with van der Waals surface area (Å²) < 4.78 is 5.29. The van der Waals surface area contributed by atoms with Gasteiger partial charge in [0.25, 0.3) is 0 Å². The van der Waals surface area contributed by atoms with Gasteiger partial charge in [-0.05, 0) is 19.9 Å². The third kappa shape index (κ3) is 5.99. The number of thioether (sulfide) groups is 1. The van der Waals surface area contributed by atoms with Crippen LogP contribution in [0.1, 0.15) is 11.4 Å². The Balaban J connectivity index is 1.65. The van der Waals surface area contributed by atoms with Crippen LogP contribution in [-0.2, 0) is 9.53 Å². The van der Waals surface area contributed by atoms with Crippen molar-refractivity contribution in [3.05, 3.63) is 17.5 Å². The van der Waals surface area contributed by atoms with E-state index in [-0.39, 0.29) is 5.91 Å². The maximum absolute atomic E-state index is 11.8. The Morgan fingerprint density at radius 2 is 2.00 bits per heavy atom. The number of ether oxygens (including phenoxy) is 1. The highest BCUT2D eigenvalue weighted by Gasteiger charge is 2.10. The van der Waals surface area contributed by atoms with E-state index in [4.69, 9.17) is 4.74 Å².